The van der Waals surface area contributed by atoms with Crippen molar-refractivity contribution in [1.82, 2.24) is 5.32 Å². The van der Waals surface area contributed by atoms with Crippen LogP contribution in [-0.2, 0) is 6.42 Å². The Morgan fingerprint density at radius 1 is 1.05 bits per heavy atom. The van der Waals surface area contributed by atoms with Crippen LogP contribution < -0.4 is 5.32 Å². The van der Waals surface area contributed by atoms with Gasteiger partial charge >= 0.3 is 0 Å². The first kappa shape index (κ1) is 14.9. The average molecular weight is 296 g/mol. The molecule has 1 N–H and O–H groups in total. The van der Waals surface area contributed by atoms with E-state index in [1.54, 1.807) is 6.07 Å². The summed E-state index contributed by atoms with van der Waals surface area (Å²) in [5.74, 6) is -1.11. The van der Waals surface area contributed by atoms with Gasteiger partial charge in [-0.1, -0.05) is 35.9 Å². The van der Waals surface area contributed by atoms with Crippen LogP contribution in [0, 0.1) is 11.6 Å². The van der Waals surface area contributed by atoms with Gasteiger partial charge in [0.25, 0.3) is 0 Å². The van der Waals surface area contributed by atoms with E-state index in [2.05, 4.69) is 5.32 Å². The Morgan fingerprint density at radius 3 is 2.30 bits per heavy atom. The van der Waals surface area contributed by atoms with Crippen molar-refractivity contribution in [2.24, 2.45) is 0 Å². The lowest BCUT2D eigenvalue weighted by atomic mass is 9.91. The number of nitrogens with one attached hydrogen (secondary N) is 1. The summed E-state index contributed by atoms with van der Waals surface area (Å²) in [5.41, 5.74) is 0.999. The van der Waals surface area contributed by atoms with E-state index in [-0.39, 0.29) is 17.9 Å². The topological polar surface area (TPSA) is 12.0 Å². The van der Waals surface area contributed by atoms with Gasteiger partial charge in [-0.05, 0) is 37.2 Å². The molecule has 2 aromatic carbocycles. The zero-order valence-electron chi connectivity index (χ0n) is 11.2. The fourth-order valence-electron chi connectivity index (χ4n) is 2.32. The van der Waals surface area contributed by atoms with Gasteiger partial charge in [-0.3, -0.25) is 0 Å². The van der Waals surface area contributed by atoms with E-state index in [0.717, 1.165) is 5.56 Å². The standard InChI is InChI=1S/C16H16ClF2N/c1-20-10-11(12-5-2-3-6-14(12)17)9-13-15(18)7-4-8-16(13)19/h2-8,11,20H,9-10H2,1H3. The molecule has 2 rings (SSSR count). The van der Waals surface area contributed by atoms with Crippen molar-refractivity contribution in [3.05, 3.63) is 70.2 Å². The highest BCUT2D eigenvalue weighted by molar-refractivity contribution is 6.31. The third kappa shape index (κ3) is 3.35. The Kier molecular flexibility index (Phi) is 5.10. The molecule has 0 saturated carbocycles. The highest BCUT2D eigenvalue weighted by atomic mass is 35.5. The van der Waals surface area contributed by atoms with Crippen molar-refractivity contribution in [1.29, 1.82) is 0 Å². The quantitative estimate of drug-likeness (QED) is 0.873. The van der Waals surface area contributed by atoms with E-state index in [9.17, 15) is 8.78 Å². The van der Waals surface area contributed by atoms with Crippen molar-refractivity contribution >= 4 is 11.6 Å². The summed E-state index contributed by atoms with van der Waals surface area (Å²) >= 11 is 6.19. The lowest BCUT2D eigenvalue weighted by Crippen LogP contribution is -2.20. The van der Waals surface area contributed by atoms with Crippen molar-refractivity contribution < 1.29 is 8.78 Å². The summed E-state index contributed by atoms with van der Waals surface area (Å²) in [6.07, 6.45) is 0.267. The minimum Gasteiger partial charge on any atom is -0.319 e. The Labute approximate surface area is 122 Å². The van der Waals surface area contributed by atoms with E-state index in [0.29, 0.717) is 11.6 Å². The van der Waals surface area contributed by atoms with Crippen molar-refractivity contribution in [2.75, 3.05) is 13.6 Å². The van der Waals surface area contributed by atoms with Gasteiger partial charge in [0, 0.05) is 23.0 Å². The Hall–Kier alpha value is -1.45. The molecular formula is C16H16ClF2N. The molecular weight excluding hydrogens is 280 g/mol. The number of rotatable bonds is 5. The molecule has 4 heteroatoms. The molecule has 1 atom stereocenters. The summed E-state index contributed by atoms with van der Waals surface area (Å²) < 4.78 is 27.5. The summed E-state index contributed by atoms with van der Waals surface area (Å²) in [4.78, 5) is 0. The SMILES string of the molecule is CNCC(Cc1c(F)cccc1F)c1ccccc1Cl. The third-order valence-corrected chi connectivity index (χ3v) is 3.65. The molecule has 0 fully saturated rings. The van der Waals surface area contributed by atoms with Crippen LogP contribution in [-0.4, -0.2) is 13.6 Å². The van der Waals surface area contributed by atoms with Crippen LogP contribution in [0.25, 0.3) is 0 Å². The molecule has 20 heavy (non-hydrogen) atoms. The molecule has 0 aromatic heterocycles. The predicted octanol–water partition coefficient (Wildman–Crippen LogP) is 4.16. The molecule has 2 aromatic rings. The van der Waals surface area contributed by atoms with Crippen molar-refractivity contribution in [3.63, 3.8) is 0 Å². The van der Waals surface area contributed by atoms with Crippen LogP contribution in [0.1, 0.15) is 17.0 Å². The van der Waals surface area contributed by atoms with Crippen LogP contribution >= 0.6 is 11.6 Å². The lowest BCUT2D eigenvalue weighted by Gasteiger charge is -2.19. The highest BCUT2D eigenvalue weighted by Crippen LogP contribution is 2.28. The zero-order valence-corrected chi connectivity index (χ0v) is 11.9. The number of halogens is 3. The van der Waals surface area contributed by atoms with E-state index in [1.165, 1.54) is 18.2 Å². The molecule has 0 radical (unpaired) electrons. The van der Waals surface area contributed by atoms with Crippen LogP contribution in [0.4, 0.5) is 8.78 Å². The number of hydrogen-bond donors (Lipinski definition) is 1. The van der Waals surface area contributed by atoms with Crippen LogP contribution in [0.2, 0.25) is 5.02 Å². The molecule has 0 aliphatic carbocycles. The largest absolute Gasteiger partial charge is 0.319 e. The molecule has 0 bridgehead atoms. The Morgan fingerprint density at radius 2 is 1.70 bits per heavy atom. The van der Waals surface area contributed by atoms with E-state index >= 15 is 0 Å². The summed E-state index contributed by atoms with van der Waals surface area (Å²) in [6.45, 7) is 0.595. The second-order valence-electron chi connectivity index (χ2n) is 4.68. The summed E-state index contributed by atoms with van der Waals surface area (Å²) in [7, 11) is 1.81. The fourth-order valence-corrected chi connectivity index (χ4v) is 2.61. The maximum Gasteiger partial charge on any atom is 0.129 e. The maximum absolute atomic E-state index is 13.8. The van der Waals surface area contributed by atoms with Crippen LogP contribution in [0.3, 0.4) is 0 Å². The van der Waals surface area contributed by atoms with Crippen molar-refractivity contribution in [2.45, 2.75) is 12.3 Å². The number of hydrogen-bond acceptors (Lipinski definition) is 1. The van der Waals surface area contributed by atoms with Crippen LogP contribution in [0.15, 0.2) is 42.5 Å². The molecule has 0 amide bonds. The van der Waals surface area contributed by atoms with E-state index in [4.69, 9.17) is 11.6 Å². The van der Waals surface area contributed by atoms with Crippen LogP contribution in [0.5, 0.6) is 0 Å². The maximum atomic E-state index is 13.8. The zero-order chi connectivity index (χ0) is 14.5. The molecule has 0 saturated heterocycles. The normalized spacial score (nSPS) is 12.4. The summed E-state index contributed by atoms with van der Waals surface area (Å²) in [6, 6.07) is 11.3. The summed E-state index contributed by atoms with van der Waals surface area (Å²) in [5, 5.41) is 3.66. The molecule has 0 spiro atoms. The molecule has 0 heterocycles. The van der Waals surface area contributed by atoms with Gasteiger partial charge < -0.3 is 5.32 Å². The Bertz CT molecular complexity index is 566. The molecule has 1 nitrogen and oxygen atoms in total. The number of likely N-dealkylation sites (N-methyl/N-ethyl adjacent to an activating group) is 1. The lowest BCUT2D eigenvalue weighted by molar-refractivity contribution is 0.529. The van der Waals surface area contributed by atoms with E-state index in [1.807, 2.05) is 25.2 Å². The number of benzene rings is 2. The second kappa shape index (κ2) is 6.82. The van der Waals surface area contributed by atoms with Gasteiger partial charge in [-0.25, -0.2) is 8.78 Å². The first-order valence-corrected chi connectivity index (χ1v) is 6.83. The monoisotopic (exact) mass is 295 g/mol. The molecule has 1 unspecified atom stereocenters. The van der Waals surface area contributed by atoms with Gasteiger partial charge in [-0.15, -0.1) is 0 Å². The molecule has 0 aliphatic heterocycles. The van der Waals surface area contributed by atoms with Gasteiger partial charge in [0.15, 0.2) is 0 Å². The first-order valence-electron chi connectivity index (χ1n) is 6.45. The van der Waals surface area contributed by atoms with Gasteiger partial charge in [-0.2, -0.15) is 0 Å². The minimum absolute atomic E-state index is 0.0832. The third-order valence-electron chi connectivity index (χ3n) is 3.31. The predicted molar refractivity (Wildman–Crippen MR) is 78.2 cm³/mol. The highest BCUT2D eigenvalue weighted by Gasteiger charge is 2.18. The van der Waals surface area contributed by atoms with Gasteiger partial charge in [0.2, 0.25) is 0 Å². The first-order chi connectivity index (χ1) is 9.63. The second-order valence-corrected chi connectivity index (χ2v) is 5.09. The minimum atomic E-state index is -0.516. The van der Waals surface area contributed by atoms with E-state index < -0.39 is 11.6 Å². The van der Waals surface area contributed by atoms with Crippen molar-refractivity contribution in [3.8, 4) is 0 Å². The average Bonchev–Trinajstić information content (AvgIpc) is 2.43. The molecule has 0 aliphatic rings. The Balaban J connectivity index is 2.33. The smallest absolute Gasteiger partial charge is 0.129 e. The molecule has 106 valence electrons. The van der Waals surface area contributed by atoms with Gasteiger partial charge in [0.1, 0.15) is 11.6 Å². The fraction of sp³-hybridized carbons (Fsp3) is 0.250. The van der Waals surface area contributed by atoms with Gasteiger partial charge in [0.05, 0.1) is 0 Å².